The van der Waals surface area contributed by atoms with Crippen molar-refractivity contribution >= 4 is 11.6 Å². The molecule has 0 fully saturated rings. The Balaban J connectivity index is 1.88. The molecule has 0 bridgehead atoms. The molecule has 5 heteroatoms. The number of hydrogen-bond acceptors (Lipinski definition) is 3. The first kappa shape index (κ1) is 15.8. The molecule has 0 heterocycles. The SMILES string of the molecule is COc1ccc(C(O)CNCc2cc(Cl)ccc2F)cc1. The maximum absolute atomic E-state index is 13.5. The van der Waals surface area contributed by atoms with E-state index in [0.29, 0.717) is 23.7 Å². The zero-order valence-corrected chi connectivity index (χ0v) is 12.4. The van der Waals surface area contributed by atoms with Gasteiger partial charge in [-0.15, -0.1) is 0 Å². The van der Waals surface area contributed by atoms with Crippen LogP contribution in [0.4, 0.5) is 4.39 Å². The van der Waals surface area contributed by atoms with Crippen LogP contribution < -0.4 is 10.1 Å². The van der Waals surface area contributed by atoms with Crippen LogP contribution in [0.15, 0.2) is 42.5 Å². The second kappa shape index (κ2) is 7.41. The Morgan fingerprint density at radius 2 is 1.95 bits per heavy atom. The van der Waals surface area contributed by atoms with Gasteiger partial charge in [-0.2, -0.15) is 0 Å². The van der Waals surface area contributed by atoms with Gasteiger partial charge in [-0.25, -0.2) is 4.39 Å². The van der Waals surface area contributed by atoms with Crippen molar-refractivity contribution in [2.24, 2.45) is 0 Å². The average Bonchev–Trinajstić information content (AvgIpc) is 2.50. The third-order valence-electron chi connectivity index (χ3n) is 3.16. The molecule has 2 rings (SSSR count). The molecule has 2 aromatic rings. The van der Waals surface area contributed by atoms with Crippen molar-refractivity contribution in [1.82, 2.24) is 5.32 Å². The molecule has 0 aliphatic rings. The Labute approximate surface area is 128 Å². The smallest absolute Gasteiger partial charge is 0.127 e. The van der Waals surface area contributed by atoms with Crippen LogP contribution in [0.3, 0.4) is 0 Å². The number of benzene rings is 2. The van der Waals surface area contributed by atoms with Crippen molar-refractivity contribution in [2.45, 2.75) is 12.6 Å². The van der Waals surface area contributed by atoms with Crippen LogP contribution in [0.1, 0.15) is 17.2 Å². The molecule has 0 amide bonds. The van der Waals surface area contributed by atoms with Crippen molar-refractivity contribution in [1.29, 1.82) is 0 Å². The first-order chi connectivity index (χ1) is 10.1. The molecule has 0 aliphatic heterocycles. The van der Waals surface area contributed by atoms with Gasteiger partial charge in [0.15, 0.2) is 0 Å². The Bertz CT molecular complexity index is 589. The van der Waals surface area contributed by atoms with Crippen molar-refractivity contribution in [3.8, 4) is 5.75 Å². The van der Waals surface area contributed by atoms with E-state index in [1.54, 1.807) is 37.4 Å². The minimum atomic E-state index is -0.668. The Morgan fingerprint density at radius 3 is 2.62 bits per heavy atom. The van der Waals surface area contributed by atoms with Gasteiger partial charge in [0.1, 0.15) is 11.6 Å². The quantitative estimate of drug-likeness (QED) is 0.860. The van der Waals surface area contributed by atoms with E-state index >= 15 is 0 Å². The van der Waals surface area contributed by atoms with E-state index in [9.17, 15) is 9.50 Å². The van der Waals surface area contributed by atoms with E-state index in [4.69, 9.17) is 16.3 Å². The maximum Gasteiger partial charge on any atom is 0.127 e. The maximum atomic E-state index is 13.5. The summed E-state index contributed by atoms with van der Waals surface area (Å²) in [5.74, 6) is 0.422. The Morgan fingerprint density at radius 1 is 1.24 bits per heavy atom. The Kier molecular flexibility index (Phi) is 5.56. The van der Waals surface area contributed by atoms with Crippen molar-refractivity contribution in [3.05, 3.63) is 64.4 Å². The lowest BCUT2D eigenvalue weighted by atomic mass is 10.1. The number of ether oxygens (including phenoxy) is 1. The van der Waals surface area contributed by atoms with E-state index < -0.39 is 6.10 Å². The summed E-state index contributed by atoms with van der Waals surface area (Å²) in [6.45, 7) is 0.623. The first-order valence-electron chi connectivity index (χ1n) is 6.57. The topological polar surface area (TPSA) is 41.5 Å². The summed E-state index contributed by atoms with van der Waals surface area (Å²) in [5.41, 5.74) is 1.25. The monoisotopic (exact) mass is 309 g/mol. The molecule has 1 unspecified atom stereocenters. The predicted octanol–water partition coefficient (Wildman–Crippen LogP) is 3.31. The van der Waals surface area contributed by atoms with Crippen LogP contribution >= 0.6 is 11.6 Å². The van der Waals surface area contributed by atoms with Gasteiger partial charge in [0.05, 0.1) is 13.2 Å². The fraction of sp³-hybridized carbons (Fsp3) is 0.250. The van der Waals surface area contributed by atoms with Gasteiger partial charge in [-0.1, -0.05) is 23.7 Å². The van der Waals surface area contributed by atoms with Gasteiger partial charge in [-0.05, 0) is 35.9 Å². The fourth-order valence-corrected chi connectivity index (χ4v) is 2.16. The number of hydrogen-bond donors (Lipinski definition) is 2. The van der Waals surface area contributed by atoms with Gasteiger partial charge in [0, 0.05) is 23.7 Å². The number of halogens is 2. The predicted molar refractivity (Wildman–Crippen MR) is 81.1 cm³/mol. The highest BCUT2D eigenvalue weighted by Crippen LogP contribution is 2.18. The van der Waals surface area contributed by atoms with E-state index in [1.165, 1.54) is 12.1 Å². The summed E-state index contributed by atoms with van der Waals surface area (Å²) in [6.07, 6.45) is -0.668. The van der Waals surface area contributed by atoms with Crippen LogP contribution in [0.25, 0.3) is 0 Å². The van der Waals surface area contributed by atoms with E-state index in [2.05, 4.69) is 5.32 Å². The zero-order chi connectivity index (χ0) is 15.2. The molecule has 112 valence electrons. The van der Waals surface area contributed by atoms with Gasteiger partial charge < -0.3 is 15.2 Å². The summed E-state index contributed by atoms with van der Waals surface area (Å²) in [5, 5.41) is 13.6. The van der Waals surface area contributed by atoms with Crippen LogP contribution in [-0.2, 0) is 6.54 Å². The van der Waals surface area contributed by atoms with E-state index in [1.807, 2.05) is 0 Å². The summed E-state index contributed by atoms with van der Waals surface area (Å²) >= 11 is 5.83. The highest BCUT2D eigenvalue weighted by molar-refractivity contribution is 6.30. The summed E-state index contributed by atoms with van der Waals surface area (Å²) < 4.78 is 18.6. The minimum absolute atomic E-state index is 0.305. The summed E-state index contributed by atoms with van der Waals surface area (Å²) in [6, 6.07) is 11.6. The van der Waals surface area contributed by atoms with Gasteiger partial charge >= 0.3 is 0 Å². The molecule has 0 saturated carbocycles. The number of methoxy groups -OCH3 is 1. The van der Waals surface area contributed by atoms with Crippen LogP contribution in [-0.4, -0.2) is 18.8 Å². The normalized spacial score (nSPS) is 12.2. The third kappa shape index (κ3) is 4.43. The second-order valence-corrected chi connectivity index (χ2v) is 5.09. The molecule has 2 N–H and O–H groups in total. The van der Waals surface area contributed by atoms with Crippen molar-refractivity contribution < 1.29 is 14.2 Å². The highest BCUT2D eigenvalue weighted by atomic mass is 35.5. The lowest BCUT2D eigenvalue weighted by molar-refractivity contribution is 0.174. The molecular formula is C16H17ClFNO2. The standard InChI is InChI=1S/C16H17ClFNO2/c1-21-14-5-2-11(3-6-14)16(20)10-19-9-12-8-13(17)4-7-15(12)18/h2-8,16,19-20H,9-10H2,1H3. The molecule has 0 radical (unpaired) electrons. The van der Waals surface area contributed by atoms with Gasteiger partial charge in [-0.3, -0.25) is 0 Å². The average molecular weight is 310 g/mol. The molecule has 2 aromatic carbocycles. The molecular weight excluding hydrogens is 293 g/mol. The number of aliphatic hydroxyl groups is 1. The molecule has 0 spiro atoms. The molecule has 0 saturated heterocycles. The summed E-state index contributed by atoms with van der Waals surface area (Å²) in [4.78, 5) is 0. The van der Waals surface area contributed by atoms with Crippen molar-refractivity contribution in [3.63, 3.8) is 0 Å². The zero-order valence-electron chi connectivity index (χ0n) is 11.6. The summed E-state index contributed by atoms with van der Waals surface area (Å²) in [7, 11) is 1.59. The van der Waals surface area contributed by atoms with E-state index in [0.717, 1.165) is 11.3 Å². The van der Waals surface area contributed by atoms with Crippen molar-refractivity contribution in [2.75, 3.05) is 13.7 Å². The van der Waals surface area contributed by atoms with Crippen LogP contribution in [0.2, 0.25) is 5.02 Å². The number of nitrogens with one attached hydrogen (secondary N) is 1. The lowest BCUT2D eigenvalue weighted by Gasteiger charge is -2.13. The van der Waals surface area contributed by atoms with Gasteiger partial charge in [0.2, 0.25) is 0 Å². The van der Waals surface area contributed by atoms with Crippen LogP contribution in [0.5, 0.6) is 5.75 Å². The largest absolute Gasteiger partial charge is 0.497 e. The Hall–Kier alpha value is -1.62. The molecule has 0 aromatic heterocycles. The van der Waals surface area contributed by atoms with Crippen LogP contribution in [0, 0.1) is 5.82 Å². The molecule has 21 heavy (non-hydrogen) atoms. The van der Waals surface area contributed by atoms with Gasteiger partial charge in [0.25, 0.3) is 0 Å². The molecule has 3 nitrogen and oxygen atoms in total. The fourth-order valence-electron chi connectivity index (χ4n) is 1.97. The number of rotatable bonds is 6. The first-order valence-corrected chi connectivity index (χ1v) is 6.94. The molecule has 1 atom stereocenters. The molecule has 0 aliphatic carbocycles. The minimum Gasteiger partial charge on any atom is -0.497 e. The third-order valence-corrected chi connectivity index (χ3v) is 3.40. The van der Waals surface area contributed by atoms with E-state index in [-0.39, 0.29) is 5.82 Å². The second-order valence-electron chi connectivity index (χ2n) is 4.66. The lowest BCUT2D eigenvalue weighted by Crippen LogP contribution is -2.21. The highest BCUT2D eigenvalue weighted by Gasteiger charge is 2.08. The number of aliphatic hydroxyl groups excluding tert-OH is 1.